The Balaban J connectivity index is 2.24. The summed E-state index contributed by atoms with van der Waals surface area (Å²) in [4.78, 5) is -2.03. The number of rotatable bonds is 7. The van der Waals surface area contributed by atoms with Gasteiger partial charge in [0.05, 0.1) is 29.8 Å². The summed E-state index contributed by atoms with van der Waals surface area (Å²) in [5.74, 6) is 0. The first-order valence-corrected chi connectivity index (χ1v) is 13.2. The third-order valence-electron chi connectivity index (χ3n) is 5.32. The van der Waals surface area contributed by atoms with Crippen LogP contribution in [0, 0.1) is 0 Å². The Morgan fingerprint density at radius 2 is 1.72 bits per heavy atom. The summed E-state index contributed by atoms with van der Waals surface area (Å²) in [6.07, 6.45) is 1.27. The van der Waals surface area contributed by atoms with E-state index in [1.807, 2.05) is 0 Å². The molecule has 0 aliphatic carbocycles. The predicted octanol–water partition coefficient (Wildman–Crippen LogP) is 5.60. The Hall–Kier alpha value is -2.38. The van der Waals surface area contributed by atoms with Crippen LogP contribution >= 0.6 is 10.2 Å². The molecule has 0 aliphatic rings. The van der Waals surface area contributed by atoms with Crippen LogP contribution < -0.4 is 4.72 Å². The van der Waals surface area contributed by atoms with Gasteiger partial charge in [0.25, 0.3) is 0 Å². The molecule has 32 heavy (non-hydrogen) atoms. The van der Waals surface area contributed by atoms with Crippen LogP contribution in [0.2, 0.25) is 0 Å². The molecule has 0 fully saturated rings. The number of halogens is 5. The fourth-order valence-corrected chi connectivity index (χ4v) is 5.08. The van der Waals surface area contributed by atoms with E-state index in [4.69, 9.17) is 0 Å². The lowest BCUT2D eigenvalue weighted by Crippen LogP contribution is -2.45. The number of anilines is 1. The van der Waals surface area contributed by atoms with Gasteiger partial charge in [0, 0.05) is 5.39 Å². The highest BCUT2D eigenvalue weighted by Gasteiger charge is 2.65. The van der Waals surface area contributed by atoms with Gasteiger partial charge in [-0.05, 0) is 43.2 Å². The average Bonchev–Trinajstić information content (AvgIpc) is 3.06. The van der Waals surface area contributed by atoms with Crippen molar-refractivity contribution in [3.8, 4) is 0 Å². The van der Waals surface area contributed by atoms with Crippen molar-refractivity contribution in [2.45, 2.75) is 36.8 Å². The standard InChI is InChI=1S/C19H22F5N3O3S2/c1-4-19(13(2)28,14-8-10-15(11-9-14)32(20,21,22,23)24)27-18-7-5-6-17(16(18)12-25-27)26-31(3,29)30/h5-13,26,28H,4H2,1-3H3. The van der Waals surface area contributed by atoms with Crippen LogP contribution in [0.5, 0.6) is 0 Å². The Labute approximate surface area is 181 Å². The number of nitrogens with one attached hydrogen (secondary N) is 1. The molecular weight excluding hydrogens is 477 g/mol. The Kier molecular flexibility index (Phi) is 5.16. The normalized spacial score (nSPS) is 17.9. The molecule has 6 nitrogen and oxygen atoms in total. The second kappa shape index (κ2) is 6.81. The Morgan fingerprint density at radius 3 is 2.19 bits per heavy atom. The van der Waals surface area contributed by atoms with Crippen molar-refractivity contribution in [1.82, 2.24) is 9.78 Å². The maximum absolute atomic E-state index is 13.2. The summed E-state index contributed by atoms with van der Waals surface area (Å²) < 4.78 is 92.8. The van der Waals surface area contributed by atoms with Gasteiger partial charge in [0.15, 0.2) is 0 Å². The lowest BCUT2D eigenvalue weighted by Gasteiger charge is -2.41. The van der Waals surface area contributed by atoms with Crippen molar-refractivity contribution >= 4 is 36.8 Å². The lowest BCUT2D eigenvalue weighted by atomic mass is 9.82. The van der Waals surface area contributed by atoms with E-state index in [2.05, 4.69) is 9.82 Å². The maximum atomic E-state index is 13.2. The minimum absolute atomic E-state index is 0.132. The van der Waals surface area contributed by atoms with E-state index < -0.39 is 36.8 Å². The predicted molar refractivity (Wildman–Crippen MR) is 115 cm³/mol. The number of sulfonamides is 1. The number of aliphatic hydroxyl groups excluding tert-OH is 1. The topological polar surface area (TPSA) is 84.2 Å². The monoisotopic (exact) mass is 499 g/mol. The molecule has 1 heterocycles. The van der Waals surface area contributed by atoms with E-state index in [0.717, 1.165) is 18.4 Å². The largest absolute Gasteiger partial charge is 0.391 e. The maximum Gasteiger partial charge on any atom is 0.310 e. The number of aliphatic hydroxyl groups is 1. The quantitative estimate of drug-likeness (QED) is 0.415. The highest BCUT2D eigenvalue weighted by molar-refractivity contribution is 8.45. The minimum atomic E-state index is -9.86. The van der Waals surface area contributed by atoms with Crippen LogP contribution in [-0.2, 0) is 15.6 Å². The van der Waals surface area contributed by atoms with Crippen LogP contribution in [0.4, 0.5) is 25.1 Å². The fraction of sp³-hybridized carbons (Fsp3) is 0.316. The summed E-state index contributed by atoms with van der Waals surface area (Å²) in [6.45, 7) is 3.07. The van der Waals surface area contributed by atoms with Crippen LogP contribution in [0.1, 0.15) is 25.8 Å². The van der Waals surface area contributed by atoms with Crippen LogP contribution in [0.25, 0.3) is 10.9 Å². The highest BCUT2D eigenvalue weighted by atomic mass is 32.5. The van der Waals surface area contributed by atoms with Crippen LogP contribution in [0.15, 0.2) is 53.6 Å². The molecular formula is C19H22F5N3O3S2. The Bertz CT molecular complexity index is 1270. The molecule has 2 aromatic carbocycles. The second-order valence-corrected chi connectivity index (χ2v) is 11.8. The molecule has 2 N–H and O–H groups in total. The molecule has 0 saturated carbocycles. The average molecular weight is 500 g/mol. The number of hydrogen-bond donors (Lipinski definition) is 2. The number of fused-ring (bicyclic) bond motifs is 1. The fourth-order valence-electron chi connectivity index (χ4n) is 3.85. The molecule has 2 atom stereocenters. The zero-order valence-electron chi connectivity index (χ0n) is 17.3. The number of aromatic nitrogens is 2. The van der Waals surface area contributed by atoms with Crippen molar-refractivity contribution in [1.29, 1.82) is 0 Å². The van der Waals surface area contributed by atoms with E-state index in [0.29, 0.717) is 23.0 Å². The molecule has 3 rings (SSSR count). The van der Waals surface area contributed by atoms with E-state index in [-0.39, 0.29) is 17.7 Å². The van der Waals surface area contributed by atoms with Crippen LogP contribution in [0.3, 0.4) is 0 Å². The first-order chi connectivity index (χ1) is 14.4. The van der Waals surface area contributed by atoms with Crippen molar-refractivity contribution in [3.63, 3.8) is 0 Å². The third-order valence-corrected chi connectivity index (χ3v) is 7.07. The molecule has 0 aliphatic heterocycles. The summed E-state index contributed by atoms with van der Waals surface area (Å²) in [5, 5.41) is 15.4. The molecule has 0 amide bonds. The van der Waals surface area contributed by atoms with Gasteiger partial charge < -0.3 is 5.11 Å². The second-order valence-electron chi connectivity index (χ2n) is 7.62. The van der Waals surface area contributed by atoms with Crippen molar-refractivity contribution in [3.05, 3.63) is 54.2 Å². The van der Waals surface area contributed by atoms with E-state index >= 15 is 0 Å². The summed E-state index contributed by atoms with van der Waals surface area (Å²) in [5.41, 5.74) is -0.671. The summed E-state index contributed by atoms with van der Waals surface area (Å²) in [7, 11) is -13.5. The van der Waals surface area contributed by atoms with Crippen molar-refractivity contribution < 1.29 is 33.0 Å². The van der Waals surface area contributed by atoms with Gasteiger partial charge in [-0.25, -0.2) is 8.42 Å². The highest BCUT2D eigenvalue weighted by Crippen LogP contribution is 3.02. The van der Waals surface area contributed by atoms with Gasteiger partial charge >= 0.3 is 10.2 Å². The summed E-state index contributed by atoms with van der Waals surface area (Å²) >= 11 is 0. The zero-order chi connectivity index (χ0) is 24.2. The molecule has 0 radical (unpaired) electrons. The van der Waals surface area contributed by atoms with Gasteiger partial charge in [-0.1, -0.05) is 44.6 Å². The third kappa shape index (κ3) is 4.41. The molecule has 0 spiro atoms. The van der Waals surface area contributed by atoms with E-state index in [1.54, 1.807) is 19.1 Å². The van der Waals surface area contributed by atoms with Crippen molar-refractivity contribution in [2.24, 2.45) is 0 Å². The molecule has 2 unspecified atom stereocenters. The van der Waals surface area contributed by atoms with Crippen molar-refractivity contribution in [2.75, 3.05) is 11.0 Å². The van der Waals surface area contributed by atoms with Gasteiger partial charge in [0.2, 0.25) is 10.0 Å². The van der Waals surface area contributed by atoms with Gasteiger partial charge in [0.1, 0.15) is 10.4 Å². The molecule has 1 aromatic heterocycles. The SMILES string of the molecule is CCC(c1ccc(S(F)(F)(F)(F)F)cc1)(C(C)O)n1ncc2c(NS(C)(=O)=O)cccc21. The Morgan fingerprint density at radius 1 is 1.12 bits per heavy atom. The molecule has 0 saturated heterocycles. The van der Waals surface area contributed by atoms with Gasteiger partial charge in [-0.15, -0.1) is 0 Å². The van der Waals surface area contributed by atoms with Crippen LogP contribution in [-0.4, -0.2) is 35.7 Å². The molecule has 0 bridgehead atoms. The lowest BCUT2D eigenvalue weighted by molar-refractivity contribution is 0.0669. The smallest absolute Gasteiger partial charge is 0.310 e. The minimum Gasteiger partial charge on any atom is -0.391 e. The zero-order valence-corrected chi connectivity index (χ0v) is 18.9. The first kappa shape index (κ1) is 24.3. The number of nitrogens with zero attached hydrogens (tertiary/aromatic N) is 2. The molecule has 3 aromatic rings. The van der Waals surface area contributed by atoms with E-state index in [9.17, 15) is 33.0 Å². The molecule has 178 valence electrons. The van der Waals surface area contributed by atoms with Gasteiger partial charge in [-0.3, -0.25) is 9.40 Å². The number of benzene rings is 2. The first-order valence-electron chi connectivity index (χ1n) is 9.37. The van der Waals surface area contributed by atoms with E-state index in [1.165, 1.54) is 23.9 Å². The molecule has 13 heteroatoms. The summed E-state index contributed by atoms with van der Waals surface area (Å²) in [6, 6.07) is 7.05. The van der Waals surface area contributed by atoms with Gasteiger partial charge in [-0.2, -0.15) is 5.10 Å². The number of hydrogen-bond acceptors (Lipinski definition) is 4.